The molecule has 0 saturated carbocycles. The van der Waals surface area contributed by atoms with Gasteiger partial charge in [-0.2, -0.15) is 0 Å². The summed E-state index contributed by atoms with van der Waals surface area (Å²) in [6.45, 7) is 0.473. The van der Waals surface area contributed by atoms with Gasteiger partial charge in [0.05, 0.1) is 5.52 Å². The molecule has 206 valence electrons. The molecule has 1 aliphatic rings. The van der Waals surface area contributed by atoms with Crippen LogP contribution in [0.15, 0.2) is 103 Å². The van der Waals surface area contributed by atoms with Crippen molar-refractivity contribution in [3.05, 3.63) is 115 Å². The van der Waals surface area contributed by atoms with Gasteiger partial charge in [-0.15, -0.1) is 5.10 Å². The number of hydrogen-bond acceptors (Lipinski definition) is 5. The minimum atomic E-state index is -0.624. The van der Waals surface area contributed by atoms with E-state index in [4.69, 9.17) is 4.74 Å². The van der Waals surface area contributed by atoms with Crippen molar-refractivity contribution in [3.8, 4) is 11.5 Å². The highest BCUT2D eigenvalue weighted by Crippen LogP contribution is 2.29. The average Bonchev–Trinajstić information content (AvgIpc) is 3.60. The normalized spacial score (nSPS) is 16.6. The summed E-state index contributed by atoms with van der Waals surface area (Å²) in [6, 6.07) is 29.6. The van der Waals surface area contributed by atoms with Crippen LogP contribution in [0.5, 0.6) is 11.5 Å². The average molecular weight is 550 g/mol. The van der Waals surface area contributed by atoms with E-state index in [1.165, 1.54) is 17.7 Å². The van der Waals surface area contributed by atoms with Crippen LogP contribution in [0.3, 0.4) is 0 Å². The molecule has 1 aromatic heterocycles. The fraction of sp³-hybridized carbons (Fsp3) is 0.188. The number of fused-ring (bicyclic) bond motifs is 1. The Bertz CT molecular complexity index is 1650. The van der Waals surface area contributed by atoms with Gasteiger partial charge in [0.25, 0.3) is 0 Å². The van der Waals surface area contributed by atoms with E-state index in [0.29, 0.717) is 35.7 Å². The molecule has 2 atom stereocenters. The molecule has 2 amide bonds. The van der Waals surface area contributed by atoms with Gasteiger partial charge in [0.15, 0.2) is 0 Å². The molecule has 0 radical (unpaired) electrons. The molecule has 5 aromatic rings. The predicted octanol–water partition coefficient (Wildman–Crippen LogP) is 5.46. The molecule has 1 N–H and O–H groups in total. The Balaban J connectivity index is 1.16. The van der Waals surface area contributed by atoms with E-state index in [2.05, 4.69) is 27.8 Å². The third kappa shape index (κ3) is 6.09. The molecule has 2 heterocycles. The van der Waals surface area contributed by atoms with Crippen LogP contribution >= 0.6 is 0 Å². The van der Waals surface area contributed by atoms with E-state index >= 15 is 0 Å². The van der Waals surface area contributed by atoms with Crippen molar-refractivity contribution < 1.29 is 18.7 Å². The monoisotopic (exact) mass is 549 g/mol. The summed E-state index contributed by atoms with van der Waals surface area (Å²) < 4.78 is 20.5. The van der Waals surface area contributed by atoms with E-state index in [9.17, 15) is 14.0 Å². The molecule has 1 saturated heterocycles. The van der Waals surface area contributed by atoms with E-state index in [-0.39, 0.29) is 30.1 Å². The molecule has 9 heteroatoms. The van der Waals surface area contributed by atoms with Crippen molar-refractivity contribution >= 4 is 28.5 Å². The number of carbonyl (C=O) groups is 2. The first-order valence-electron chi connectivity index (χ1n) is 13.5. The summed E-state index contributed by atoms with van der Waals surface area (Å²) in [5.41, 5.74) is 3.24. The number of para-hydroxylation sites is 1. The fourth-order valence-corrected chi connectivity index (χ4v) is 5.27. The summed E-state index contributed by atoms with van der Waals surface area (Å²) in [7, 11) is 0. The van der Waals surface area contributed by atoms with Crippen molar-refractivity contribution in [2.24, 2.45) is 5.92 Å². The van der Waals surface area contributed by atoms with E-state index in [0.717, 1.165) is 11.9 Å². The number of hydrogen-bond donors (Lipinski definition) is 1. The lowest BCUT2D eigenvalue weighted by Gasteiger charge is -2.24. The van der Waals surface area contributed by atoms with E-state index in [1.807, 2.05) is 42.5 Å². The summed E-state index contributed by atoms with van der Waals surface area (Å²) in [5, 5.41) is 11.3. The van der Waals surface area contributed by atoms with Crippen LogP contribution in [0.4, 0.5) is 10.1 Å². The van der Waals surface area contributed by atoms with Gasteiger partial charge < -0.3 is 15.0 Å². The third-order valence-electron chi connectivity index (χ3n) is 7.25. The number of nitrogens with zero attached hydrogens (tertiary/aromatic N) is 4. The summed E-state index contributed by atoms with van der Waals surface area (Å²) >= 11 is 0. The lowest BCUT2D eigenvalue weighted by atomic mass is 9.96. The molecule has 0 bridgehead atoms. The Morgan fingerprint density at radius 1 is 0.878 bits per heavy atom. The second-order valence-corrected chi connectivity index (χ2v) is 10.2. The molecular formula is C32H28FN5O3. The Hall–Kier alpha value is -5.05. The Kier molecular flexibility index (Phi) is 7.40. The highest BCUT2D eigenvalue weighted by Gasteiger charge is 2.39. The quantitative estimate of drug-likeness (QED) is 0.278. The predicted molar refractivity (Wildman–Crippen MR) is 153 cm³/mol. The van der Waals surface area contributed by atoms with Crippen LogP contribution in [0, 0.1) is 11.7 Å². The van der Waals surface area contributed by atoms with Crippen LogP contribution in [0.1, 0.15) is 12.0 Å². The van der Waals surface area contributed by atoms with Crippen LogP contribution < -0.4 is 10.1 Å². The molecule has 0 spiro atoms. The van der Waals surface area contributed by atoms with Crippen molar-refractivity contribution in [2.75, 3.05) is 11.9 Å². The zero-order chi connectivity index (χ0) is 28.2. The molecule has 41 heavy (non-hydrogen) atoms. The lowest BCUT2D eigenvalue weighted by Crippen LogP contribution is -2.44. The number of halogens is 1. The first-order valence-corrected chi connectivity index (χ1v) is 13.5. The second-order valence-electron chi connectivity index (χ2n) is 10.2. The SMILES string of the molecule is O=C(Nc1ccc(Oc2ccc(F)cc2)cc1)[C@@H]1C[C@@H](Cc2ccccc2)CN1C(=O)Cn1nnc2ccccc21. The zero-order valence-corrected chi connectivity index (χ0v) is 22.2. The van der Waals surface area contributed by atoms with Crippen LogP contribution in [-0.4, -0.2) is 44.3 Å². The van der Waals surface area contributed by atoms with E-state index in [1.54, 1.807) is 46.0 Å². The zero-order valence-electron chi connectivity index (χ0n) is 22.2. The molecule has 4 aromatic carbocycles. The largest absolute Gasteiger partial charge is 0.457 e. The summed E-state index contributed by atoms with van der Waals surface area (Å²) in [6.07, 6.45) is 1.33. The number of anilines is 1. The van der Waals surface area contributed by atoms with Gasteiger partial charge in [0.1, 0.15) is 35.4 Å². The van der Waals surface area contributed by atoms with Crippen molar-refractivity contribution in [2.45, 2.75) is 25.4 Å². The maximum Gasteiger partial charge on any atom is 0.247 e. The van der Waals surface area contributed by atoms with Crippen molar-refractivity contribution in [3.63, 3.8) is 0 Å². The Labute approximate surface area is 236 Å². The molecule has 1 aliphatic heterocycles. The lowest BCUT2D eigenvalue weighted by molar-refractivity contribution is -0.137. The number of amides is 2. The van der Waals surface area contributed by atoms with Crippen molar-refractivity contribution in [1.82, 2.24) is 19.9 Å². The molecule has 0 unspecified atom stereocenters. The maximum absolute atomic E-state index is 13.6. The van der Waals surface area contributed by atoms with Gasteiger partial charge in [0, 0.05) is 12.2 Å². The molecule has 1 fully saturated rings. The van der Waals surface area contributed by atoms with Crippen LogP contribution in [0.2, 0.25) is 0 Å². The minimum absolute atomic E-state index is 0.00221. The number of likely N-dealkylation sites (tertiary alicyclic amines) is 1. The number of ether oxygens (including phenoxy) is 1. The maximum atomic E-state index is 13.6. The van der Waals surface area contributed by atoms with Gasteiger partial charge in [-0.05, 0) is 85.0 Å². The fourth-order valence-electron chi connectivity index (χ4n) is 5.27. The summed E-state index contributed by atoms with van der Waals surface area (Å²) in [4.78, 5) is 28.8. The van der Waals surface area contributed by atoms with Gasteiger partial charge >= 0.3 is 0 Å². The molecular weight excluding hydrogens is 521 g/mol. The van der Waals surface area contributed by atoms with Gasteiger partial charge in [-0.1, -0.05) is 47.7 Å². The molecule has 0 aliphatic carbocycles. The second kappa shape index (κ2) is 11.6. The Morgan fingerprint density at radius 3 is 2.32 bits per heavy atom. The van der Waals surface area contributed by atoms with Crippen LogP contribution in [0.25, 0.3) is 11.0 Å². The van der Waals surface area contributed by atoms with Gasteiger partial charge in [-0.25, -0.2) is 9.07 Å². The van der Waals surface area contributed by atoms with Gasteiger partial charge in [-0.3, -0.25) is 9.59 Å². The minimum Gasteiger partial charge on any atom is -0.457 e. The van der Waals surface area contributed by atoms with E-state index < -0.39 is 6.04 Å². The third-order valence-corrected chi connectivity index (χ3v) is 7.25. The smallest absolute Gasteiger partial charge is 0.247 e. The number of rotatable bonds is 8. The molecule has 6 rings (SSSR count). The first-order chi connectivity index (χ1) is 20.0. The highest BCUT2D eigenvalue weighted by atomic mass is 19.1. The number of aromatic nitrogens is 3. The number of benzene rings is 4. The first kappa shape index (κ1) is 26.2. The molecule has 8 nitrogen and oxygen atoms in total. The number of nitrogens with one attached hydrogen (secondary N) is 1. The topological polar surface area (TPSA) is 89.4 Å². The highest BCUT2D eigenvalue weighted by molar-refractivity contribution is 5.97. The summed E-state index contributed by atoms with van der Waals surface area (Å²) in [5.74, 6) is 0.429. The van der Waals surface area contributed by atoms with Crippen LogP contribution in [-0.2, 0) is 22.6 Å². The standard InChI is InChI=1S/C32H28FN5O3/c33-24-10-14-26(15-11-24)41-27-16-12-25(13-17-27)34-32(40)30-19-23(18-22-6-2-1-3-7-22)20-37(30)31(39)21-38-29-9-5-4-8-28(29)35-36-38/h1-17,23,30H,18-21H2,(H,34,40)/t23-,30+/m1/s1. The van der Waals surface area contributed by atoms with Gasteiger partial charge in [0.2, 0.25) is 11.8 Å². The van der Waals surface area contributed by atoms with Crippen molar-refractivity contribution in [1.29, 1.82) is 0 Å². The Morgan fingerprint density at radius 2 is 1.56 bits per heavy atom. The number of carbonyl (C=O) groups excluding carboxylic acids is 2.